The molecule has 1 aliphatic rings. The Hall–Kier alpha value is -0.0800. The van der Waals surface area contributed by atoms with Gasteiger partial charge < -0.3 is 0 Å². The summed E-state index contributed by atoms with van der Waals surface area (Å²) in [6, 6.07) is 1.21. The standard InChI is InChI=1S/C7H14N2/c1-6-7(2)9(4)5-8(6)3/h6-7H,1-4H3. The average Bonchev–Trinajstić information content (AvgIpc) is 1.98. The van der Waals surface area contributed by atoms with Crippen LogP contribution in [0.3, 0.4) is 0 Å². The average molecular weight is 126 g/mol. The van der Waals surface area contributed by atoms with Crippen molar-refractivity contribution in [1.82, 2.24) is 9.80 Å². The van der Waals surface area contributed by atoms with Crippen LogP contribution in [0, 0.1) is 6.67 Å². The van der Waals surface area contributed by atoms with Gasteiger partial charge in [0, 0.05) is 12.1 Å². The van der Waals surface area contributed by atoms with Gasteiger partial charge in [0.2, 0.25) is 0 Å². The van der Waals surface area contributed by atoms with Crippen molar-refractivity contribution < 1.29 is 0 Å². The third-order valence-corrected chi connectivity index (χ3v) is 2.24. The first-order valence-electron chi connectivity index (χ1n) is 3.35. The maximum Gasteiger partial charge on any atom is 0.146 e. The molecule has 52 valence electrons. The third kappa shape index (κ3) is 1.10. The summed E-state index contributed by atoms with van der Waals surface area (Å²) in [5, 5.41) is 0. The molecule has 1 saturated heterocycles. The van der Waals surface area contributed by atoms with Gasteiger partial charge >= 0.3 is 0 Å². The van der Waals surface area contributed by atoms with E-state index in [1.54, 1.807) is 0 Å². The Kier molecular flexibility index (Phi) is 1.78. The highest BCUT2D eigenvalue weighted by Gasteiger charge is 2.29. The van der Waals surface area contributed by atoms with Crippen LogP contribution in [0.1, 0.15) is 13.8 Å². The fourth-order valence-corrected chi connectivity index (χ4v) is 1.08. The summed E-state index contributed by atoms with van der Waals surface area (Å²) in [6.07, 6.45) is 0. The topological polar surface area (TPSA) is 6.48 Å². The van der Waals surface area contributed by atoms with Crippen molar-refractivity contribution in [3.8, 4) is 0 Å². The number of nitrogens with zero attached hydrogens (tertiary/aromatic N) is 2. The van der Waals surface area contributed by atoms with Gasteiger partial charge in [-0.1, -0.05) is 0 Å². The molecular formula is C7H14N2. The molecule has 2 atom stereocenters. The zero-order valence-corrected chi connectivity index (χ0v) is 6.55. The minimum atomic E-state index is 0.606. The molecule has 2 nitrogen and oxygen atoms in total. The van der Waals surface area contributed by atoms with E-state index < -0.39 is 0 Å². The Morgan fingerprint density at radius 3 is 1.44 bits per heavy atom. The second kappa shape index (κ2) is 2.27. The summed E-state index contributed by atoms with van der Waals surface area (Å²) in [6.45, 7) is 7.60. The van der Waals surface area contributed by atoms with E-state index in [0.717, 1.165) is 0 Å². The van der Waals surface area contributed by atoms with Gasteiger partial charge in [-0.3, -0.25) is 9.80 Å². The lowest BCUT2D eigenvalue weighted by Crippen LogP contribution is -2.29. The summed E-state index contributed by atoms with van der Waals surface area (Å²) < 4.78 is 0. The number of hydrogen-bond acceptors (Lipinski definition) is 2. The van der Waals surface area contributed by atoms with Crippen molar-refractivity contribution in [2.45, 2.75) is 25.9 Å². The van der Waals surface area contributed by atoms with Gasteiger partial charge in [0.25, 0.3) is 0 Å². The third-order valence-electron chi connectivity index (χ3n) is 2.24. The number of hydrogen-bond donors (Lipinski definition) is 0. The van der Waals surface area contributed by atoms with E-state index in [1.165, 1.54) is 0 Å². The summed E-state index contributed by atoms with van der Waals surface area (Å²) in [4.78, 5) is 4.23. The molecule has 1 fully saturated rings. The van der Waals surface area contributed by atoms with Crippen molar-refractivity contribution in [1.29, 1.82) is 0 Å². The highest BCUT2D eigenvalue weighted by molar-refractivity contribution is 4.89. The Bertz CT molecular complexity index is 91.1. The lowest BCUT2D eigenvalue weighted by atomic mass is 10.2. The zero-order valence-electron chi connectivity index (χ0n) is 6.55. The molecule has 2 heteroatoms. The summed E-state index contributed by atoms with van der Waals surface area (Å²) in [5.41, 5.74) is 0. The van der Waals surface area contributed by atoms with E-state index in [-0.39, 0.29) is 0 Å². The highest BCUT2D eigenvalue weighted by atomic mass is 15.4. The van der Waals surface area contributed by atoms with Crippen LogP contribution in [-0.2, 0) is 0 Å². The molecule has 2 radical (unpaired) electrons. The Balaban J connectivity index is 2.54. The molecule has 2 unspecified atom stereocenters. The van der Waals surface area contributed by atoms with Crippen molar-refractivity contribution >= 4 is 0 Å². The highest BCUT2D eigenvalue weighted by Crippen LogP contribution is 2.18. The van der Waals surface area contributed by atoms with Gasteiger partial charge in [-0.05, 0) is 27.9 Å². The molecule has 0 spiro atoms. The van der Waals surface area contributed by atoms with Crippen LogP contribution in [0.15, 0.2) is 0 Å². The van der Waals surface area contributed by atoms with Crippen molar-refractivity contribution in [2.24, 2.45) is 0 Å². The van der Waals surface area contributed by atoms with Crippen LogP contribution >= 0.6 is 0 Å². The number of rotatable bonds is 0. The molecule has 0 aromatic rings. The summed E-state index contributed by atoms with van der Waals surface area (Å²) in [7, 11) is 4.12. The molecule has 0 amide bonds. The Morgan fingerprint density at radius 1 is 1.00 bits per heavy atom. The van der Waals surface area contributed by atoms with Crippen LogP contribution in [0.4, 0.5) is 0 Å². The lowest BCUT2D eigenvalue weighted by molar-refractivity contribution is 0.344. The SMILES string of the molecule is CC1C(C)N(C)[C]N1C. The largest absolute Gasteiger partial charge is 0.278 e. The molecule has 0 bridgehead atoms. The smallest absolute Gasteiger partial charge is 0.146 e. The van der Waals surface area contributed by atoms with E-state index in [2.05, 4.69) is 44.4 Å². The molecular weight excluding hydrogens is 112 g/mol. The summed E-state index contributed by atoms with van der Waals surface area (Å²) >= 11 is 0. The minimum Gasteiger partial charge on any atom is -0.278 e. The Morgan fingerprint density at radius 2 is 1.33 bits per heavy atom. The molecule has 0 N–H and O–H groups in total. The maximum absolute atomic E-state index is 3.18. The maximum atomic E-state index is 3.18. The van der Waals surface area contributed by atoms with E-state index in [4.69, 9.17) is 0 Å². The van der Waals surface area contributed by atoms with Gasteiger partial charge in [-0.25, -0.2) is 0 Å². The van der Waals surface area contributed by atoms with Gasteiger partial charge in [-0.15, -0.1) is 0 Å². The van der Waals surface area contributed by atoms with Gasteiger partial charge in [0.05, 0.1) is 0 Å². The molecule has 0 aromatic carbocycles. The quantitative estimate of drug-likeness (QED) is 0.470. The fourth-order valence-electron chi connectivity index (χ4n) is 1.08. The first kappa shape index (κ1) is 7.03. The monoisotopic (exact) mass is 126 g/mol. The fraction of sp³-hybridized carbons (Fsp3) is 0.857. The van der Waals surface area contributed by atoms with E-state index in [1.807, 2.05) is 0 Å². The van der Waals surface area contributed by atoms with Crippen molar-refractivity contribution in [3.05, 3.63) is 6.67 Å². The van der Waals surface area contributed by atoms with Gasteiger partial charge in [0.1, 0.15) is 6.67 Å². The first-order chi connectivity index (χ1) is 4.13. The second-order valence-corrected chi connectivity index (χ2v) is 2.80. The lowest BCUT2D eigenvalue weighted by Gasteiger charge is -2.16. The van der Waals surface area contributed by atoms with Crippen LogP contribution in [0.5, 0.6) is 0 Å². The van der Waals surface area contributed by atoms with Crippen LogP contribution in [0.2, 0.25) is 0 Å². The normalized spacial score (nSPS) is 40.0. The summed E-state index contributed by atoms with van der Waals surface area (Å²) in [5.74, 6) is 0. The molecule has 1 heterocycles. The van der Waals surface area contributed by atoms with Crippen LogP contribution in [0.25, 0.3) is 0 Å². The minimum absolute atomic E-state index is 0.606. The van der Waals surface area contributed by atoms with E-state index >= 15 is 0 Å². The van der Waals surface area contributed by atoms with E-state index in [9.17, 15) is 0 Å². The molecule has 9 heavy (non-hydrogen) atoms. The van der Waals surface area contributed by atoms with Crippen molar-refractivity contribution in [2.75, 3.05) is 14.1 Å². The van der Waals surface area contributed by atoms with Gasteiger partial charge in [-0.2, -0.15) is 0 Å². The number of likely N-dealkylation sites (N-methyl/N-ethyl adjacent to an activating group) is 2. The first-order valence-corrected chi connectivity index (χ1v) is 3.35. The predicted molar refractivity (Wildman–Crippen MR) is 37.7 cm³/mol. The van der Waals surface area contributed by atoms with E-state index in [0.29, 0.717) is 12.1 Å². The predicted octanol–water partition coefficient (Wildman–Crippen LogP) is 0.637. The molecule has 1 aliphatic heterocycles. The molecule has 1 rings (SSSR count). The second-order valence-electron chi connectivity index (χ2n) is 2.80. The molecule has 0 aromatic heterocycles. The molecule has 0 aliphatic carbocycles. The Labute approximate surface area is 57.4 Å². The van der Waals surface area contributed by atoms with Crippen molar-refractivity contribution in [3.63, 3.8) is 0 Å². The van der Waals surface area contributed by atoms with Gasteiger partial charge in [0.15, 0.2) is 0 Å². The van der Waals surface area contributed by atoms with Crippen LogP contribution < -0.4 is 0 Å². The zero-order chi connectivity index (χ0) is 7.02. The molecule has 0 saturated carbocycles. The van der Waals surface area contributed by atoms with Crippen LogP contribution in [-0.4, -0.2) is 36.0 Å².